The van der Waals surface area contributed by atoms with Gasteiger partial charge in [0.1, 0.15) is 0 Å². The summed E-state index contributed by atoms with van der Waals surface area (Å²) in [5.74, 6) is 0.756. The van der Waals surface area contributed by atoms with Gasteiger partial charge in [0.05, 0.1) is 4.88 Å². The Morgan fingerprint density at radius 3 is 3.04 bits per heavy atom. The Hall–Kier alpha value is -1.10. The smallest absolute Gasteiger partial charge is 0.261 e. The maximum absolute atomic E-state index is 12.6. The van der Waals surface area contributed by atoms with Crippen LogP contribution in [0.25, 0.3) is 10.1 Å². The Morgan fingerprint density at radius 1 is 1.46 bits per heavy atom. The SMILES string of the molecule is CC(C)CCN1CCCC(NC(=O)c2cc3c(Cl)cccc3s2)C1. The molecule has 0 bridgehead atoms. The van der Waals surface area contributed by atoms with Crippen molar-refractivity contribution < 1.29 is 4.79 Å². The van der Waals surface area contributed by atoms with E-state index in [1.54, 1.807) is 0 Å². The van der Waals surface area contributed by atoms with Crippen molar-refractivity contribution in [3.8, 4) is 0 Å². The molecule has 1 aromatic carbocycles. The molecule has 1 fully saturated rings. The van der Waals surface area contributed by atoms with E-state index >= 15 is 0 Å². The Kier molecular flexibility index (Phi) is 5.80. The number of nitrogens with zero attached hydrogens (tertiary/aromatic N) is 1. The van der Waals surface area contributed by atoms with Crippen LogP contribution in [0, 0.1) is 5.92 Å². The van der Waals surface area contributed by atoms with Crippen molar-refractivity contribution in [2.45, 2.75) is 39.2 Å². The summed E-state index contributed by atoms with van der Waals surface area (Å²) in [6.45, 7) is 7.76. The Labute approximate surface area is 153 Å². The molecular formula is C19H25ClN2OS. The van der Waals surface area contributed by atoms with Crippen LogP contribution in [0.2, 0.25) is 5.02 Å². The number of nitrogens with one attached hydrogen (secondary N) is 1. The van der Waals surface area contributed by atoms with Crippen molar-refractivity contribution in [3.05, 3.63) is 34.2 Å². The van der Waals surface area contributed by atoms with Gasteiger partial charge in [-0.25, -0.2) is 0 Å². The van der Waals surface area contributed by atoms with Crippen molar-refractivity contribution in [2.24, 2.45) is 5.92 Å². The van der Waals surface area contributed by atoms with Crippen LogP contribution in [-0.2, 0) is 0 Å². The van der Waals surface area contributed by atoms with Gasteiger partial charge in [0.25, 0.3) is 5.91 Å². The Morgan fingerprint density at radius 2 is 2.29 bits per heavy atom. The number of halogens is 1. The third kappa shape index (κ3) is 4.29. The van der Waals surface area contributed by atoms with Gasteiger partial charge >= 0.3 is 0 Å². The van der Waals surface area contributed by atoms with Crippen LogP contribution in [0.3, 0.4) is 0 Å². The Balaban J connectivity index is 1.62. The predicted octanol–water partition coefficient (Wildman–Crippen LogP) is 4.80. The second-order valence-electron chi connectivity index (χ2n) is 7.06. The van der Waals surface area contributed by atoms with Gasteiger partial charge in [-0.15, -0.1) is 11.3 Å². The summed E-state index contributed by atoms with van der Waals surface area (Å²) in [5, 5.41) is 4.90. The standard InChI is InChI=1S/C19H25ClN2OS/c1-13(2)8-10-22-9-4-5-14(12-22)21-19(23)18-11-15-16(20)6-3-7-17(15)24-18/h3,6-7,11,13-14H,4-5,8-10,12H2,1-2H3,(H,21,23). The number of likely N-dealkylation sites (tertiary alicyclic amines) is 1. The fourth-order valence-electron chi connectivity index (χ4n) is 3.21. The summed E-state index contributed by atoms with van der Waals surface area (Å²) in [6.07, 6.45) is 3.44. The summed E-state index contributed by atoms with van der Waals surface area (Å²) in [7, 11) is 0. The molecule has 5 heteroatoms. The first-order valence-electron chi connectivity index (χ1n) is 8.74. The summed E-state index contributed by atoms with van der Waals surface area (Å²) < 4.78 is 1.06. The summed E-state index contributed by atoms with van der Waals surface area (Å²) in [5.41, 5.74) is 0. The lowest BCUT2D eigenvalue weighted by Gasteiger charge is -2.33. The number of carbonyl (C=O) groups is 1. The molecule has 1 atom stereocenters. The third-order valence-electron chi connectivity index (χ3n) is 4.60. The van der Waals surface area contributed by atoms with Gasteiger partial charge < -0.3 is 10.2 Å². The zero-order valence-electron chi connectivity index (χ0n) is 14.3. The lowest BCUT2D eigenvalue weighted by atomic mass is 10.0. The molecule has 1 aliphatic rings. The quantitative estimate of drug-likeness (QED) is 0.826. The van der Waals surface area contributed by atoms with E-state index in [2.05, 4.69) is 24.1 Å². The minimum absolute atomic E-state index is 0.0305. The van der Waals surface area contributed by atoms with Crippen LogP contribution in [0.5, 0.6) is 0 Å². The second-order valence-corrected chi connectivity index (χ2v) is 8.55. The zero-order valence-corrected chi connectivity index (χ0v) is 15.9. The van der Waals surface area contributed by atoms with Gasteiger partial charge in [-0.05, 0) is 56.5 Å². The fourth-order valence-corrected chi connectivity index (χ4v) is 4.49. The fraction of sp³-hybridized carbons (Fsp3) is 0.526. The highest BCUT2D eigenvalue weighted by molar-refractivity contribution is 7.20. The van der Waals surface area contributed by atoms with E-state index in [1.165, 1.54) is 17.8 Å². The first kappa shape index (κ1) is 17.7. The number of carbonyl (C=O) groups excluding carboxylic acids is 1. The molecule has 24 heavy (non-hydrogen) atoms. The first-order chi connectivity index (χ1) is 11.5. The second kappa shape index (κ2) is 7.85. The summed E-state index contributed by atoms with van der Waals surface area (Å²) in [4.78, 5) is 15.8. The van der Waals surface area contributed by atoms with Crippen LogP contribution < -0.4 is 5.32 Å². The van der Waals surface area contributed by atoms with Gasteiger partial charge in [0, 0.05) is 27.7 Å². The van der Waals surface area contributed by atoms with Crippen LogP contribution in [-0.4, -0.2) is 36.5 Å². The van der Waals surface area contributed by atoms with E-state index in [4.69, 9.17) is 11.6 Å². The van der Waals surface area contributed by atoms with Crippen LogP contribution >= 0.6 is 22.9 Å². The maximum atomic E-state index is 12.6. The average molecular weight is 365 g/mol. The number of fused-ring (bicyclic) bond motifs is 1. The average Bonchev–Trinajstić information content (AvgIpc) is 2.99. The maximum Gasteiger partial charge on any atom is 0.261 e. The predicted molar refractivity (Wildman–Crippen MR) is 103 cm³/mol. The van der Waals surface area contributed by atoms with E-state index in [-0.39, 0.29) is 11.9 Å². The van der Waals surface area contributed by atoms with Crippen LogP contribution in [0.4, 0.5) is 0 Å². The molecule has 1 unspecified atom stereocenters. The number of amides is 1. The molecule has 1 saturated heterocycles. The van der Waals surface area contributed by atoms with Gasteiger partial charge in [-0.3, -0.25) is 4.79 Å². The number of rotatable bonds is 5. The lowest BCUT2D eigenvalue weighted by Crippen LogP contribution is -2.47. The van der Waals surface area contributed by atoms with E-state index in [0.29, 0.717) is 5.02 Å². The van der Waals surface area contributed by atoms with Gasteiger partial charge in [0.15, 0.2) is 0 Å². The lowest BCUT2D eigenvalue weighted by molar-refractivity contribution is 0.0905. The molecule has 130 valence electrons. The largest absolute Gasteiger partial charge is 0.347 e. The Bertz CT molecular complexity index is 712. The molecule has 0 aliphatic carbocycles. The zero-order chi connectivity index (χ0) is 17.1. The third-order valence-corrected chi connectivity index (χ3v) is 6.02. The van der Waals surface area contributed by atoms with E-state index in [9.17, 15) is 4.79 Å². The number of piperidine rings is 1. The first-order valence-corrected chi connectivity index (χ1v) is 9.93. The van der Waals surface area contributed by atoms with E-state index in [0.717, 1.165) is 53.4 Å². The number of thiophene rings is 1. The molecule has 1 aliphatic heterocycles. The van der Waals surface area contributed by atoms with Crippen LogP contribution in [0.1, 0.15) is 42.8 Å². The molecule has 2 aromatic rings. The van der Waals surface area contributed by atoms with E-state index in [1.807, 2.05) is 24.3 Å². The molecule has 0 radical (unpaired) electrons. The molecule has 0 spiro atoms. The molecule has 3 nitrogen and oxygen atoms in total. The van der Waals surface area contributed by atoms with Gasteiger partial charge in [-0.1, -0.05) is 31.5 Å². The highest BCUT2D eigenvalue weighted by Crippen LogP contribution is 2.31. The molecule has 3 rings (SSSR count). The minimum Gasteiger partial charge on any atom is -0.347 e. The topological polar surface area (TPSA) is 32.3 Å². The molecule has 1 aromatic heterocycles. The summed E-state index contributed by atoms with van der Waals surface area (Å²) >= 11 is 7.73. The van der Waals surface area contributed by atoms with Crippen molar-refractivity contribution in [1.29, 1.82) is 0 Å². The van der Waals surface area contributed by atoms with Crippen LogP contribution in [0.15, 0.2) is 24.3 Å². The number of hydrogen-bond acceptors (Lipinski definition) is 3. The van der Waals surface area contributed by atoms with E-state index < -0.39 is 0 Å². The molecule has 2 heterocycles. The highest BCUT2D eigenvalue weighted by Gasteiger charge is 2.22. The molecular weight excluding hydrogens is 340 g/mol. The van der Waals surface area contributed by atoms with Crippen molar-refractivity contribution in [1.82, 2.24) is 10.2 Å². The highest BCUT2D eigenvalue weighted by atomic mass is 35.5. The van der Waals surface area contributed by atoms with Gasteiger partial charge in [-0.2, -0.15) is 0 Å². The monoisotopic (exact) mass is 364 g/mol. The van der Waals surface area contributed by atoms with Crippen molar-refractivity contribution in [3.63, 3.8) is 0 Å². The molecule has 1 N–H and O–H groups in total. The number of benzene rings is 1. The number of hydrogen-bond donors (Lipinski definition) is 1. The van der Waals surface area contributed by atoms with Crippen molar-refractivity contribution in [2.75, 3.05) is 19.6 Å². The van der Waals surface area contributed by atoms with Crippen molar-refractivity contribution >= 4 is 38.9 Å². The summed E-state index contributed by atoms with van der Waals surface area (Å²) in [6, 6.07) is 7.97. The van der Waals surface area contributed by atoms with Gasteiger partial charge in [0.2, 0.25) is 0 Å². The molecule has 0 saturated carbocycles. The minimum atomic E-state index is 0.0305. The molecule has 1 amide bonds. The normalized spacial score (nSPS) is 19.1.